The highest BCUT2D eigenvalue weighted by molar-refractivity contribution is 6.11. The van der Waals surface area contributed by atoms with Crippen LogP contribution >= 0.6 is 0 Å². The van der Waals surface area contributed by atoms with E-state index in [2.05, 4.69) is 65.0 Å². The number of ketones is 1. The maximum Gasteiger partial charge on any atom is 0.185 e. The minimum atomic E-state index is -0.136. The number of carbonyl (C=O) groups is 1. The van der Waals surface area contributed by atoms with Gasteiger partial charge in [0.2, 0.25) is 0 Å². The Morgan fingerprint density at radius 3 is 2.23 bits per heavy atom. The van der Waals surface area contributed by atoms with Crippen LogP contribution in [0.3, 0.4) is 0 Å². The van der Waals surface area contributed by atoms with Crippen molar-refractivity contribution in [3.8, 4) is 0 Å². The average molecular weight is 294 g/mol. The third-order valence-electron chi connectivity index (χ3n) is 3.76. The fourth-order valence-corrected chi connectivity index (χ4v) is 2.69. The van der Waals surface area contributed by atoms with E-state index in [4.69, 9.17) is 0 Å². The Bertz CT molecular complexity index is 634. The maximum absolute atomic E-state index is 12.7. The van der Waals surface area contributed by atoms with Crippen molar-refractivity contribution in [2.75, 3.05) is 0 Å². The van der Waals surface area contributed by atoms with E-state index in [0.717, 1.165) is 28.7 Å². The molecule has 1 aliphatic rings. The standard InChI is InChI=1S/C21H26O/c1-15(2)11-18-13-17(12-16-9-7-6-8-10-16)14-19(20(18)22)21(3,4)5/h6-10,12-15H,11H2,1-5H3/b17-12-. The molecule has 0 unspecified atom stereocenters. The maximum atomic E-state index is 12.7. The Morgan fingerprint density at radius 2 is 1.68 bits per heavy atom. The molecule has 1 nitrogen and oxygen atoms in total. The van der Waals surface area contributed by atoms with Crippen LogP contribution in [0.25, 0.3) is 6.08 Å². The van der Waals surface area contributed by atoms with Gasteiger partial charge >= 0.3 is 0 Å². The second kappa shape index (κ2) is 6.48. The van der Waals surface area contributed by atoms with E-state index < -0.39 is 0 Å². The van der Waals surface area contributed by atoms with E-state index in [1.165, 1.54) is 0 Å². The van der Waals surface area contributed by atoms with Crippen LogP contribution in [0.4, 0.5) is 0 Å². The molecule has 22 heavy (non-hydrogen) atoms. The predicted octanol–water partition coefficient (Wildman–Crippen LogP) is 5.60. The van der Waals surface area contributed by atoms with Crippen molar-refractivity contribution in [2.24, 2.45) is 11.3 Å². The van der Waals surface area contributed by atoms with Crippen LogP contribution in [0.2, 0.25) is 0 Å². The van der Waals surface area contributed by atoms with E-state index in [1.807, 2.05) is 18.2 Å². The van der Waals surface area contributed by atoms with Gasteiger partial charge in [0.25, 0.3) is 0 Å². The minimum Gasteiger partial charge on any atom is -0.289 e. The summed E-state index contributed by atoms with van der Waals surface area (Å²) in [6.07, 6.45) is 7.10. The quantitative estimate of drug-likeness (QED) is 0.709. The van der Waals surface area contributed by atoms with Gasteiger partial charge in [0.05, 0.1) is 0 Å². The fourth-order valence-electron chi connectivity index (χ4n) is 2.69. The van der Waals surface area contributed by atoms with Crippen LogP contribution in [0.5, 0.6) is 0 Å². The first kappa shape index (κ1) is 16.5. The minimum absolute atomic E-state index is 0.136. The zero-order chi connectivity index (χ0) is 16.3. The van der Waals surface area contributed by atoms with E-state index in [9.17, 15) is 4.79 Å². The summed E-state index contributed by atoms with van der Waals surface area (Å²) in [5.74, 6) is 0.693. The van der Waals surface area contributed by atoms with Crippen LogP contribution in [-0.4, -0.2) is 5.78 Å². The number of hydrogen-bond acceptors (Lipinski definition) is 1. The number of Topliss-reactive ketones (excluding diaryl/α,β-unsaturated/α-hetero) is 1. The molecule has 1 aromatic carbocycles. The molecular formula is C21H26O. The van der Waals surface area contributed by atoms with Crippen LogP contribution in [0.1, 0.15) is 46.6 Å². The summed E-state index contributed by atoms with van der Waals surface area (Å²) < 4.78 is 0. The Hall–Kier alpha value is -1.89. The van der Waals surface area contributed by atoms with E-state index >= 15 is 0 Å². The van der Waals surface area contributed by atoms with Crippen molar-refractivity contribution in [1.29, 1.82) is 0 Å². The van der Waals surface area contributed by atoms with Gasteiger partial charge in [-0.05, 0) is 47.1 Å². The van der Waals surface area contributed by atoms with Crippen molar-refractivity contribution in [2.45, 2.75) is 41.0 Å². The molecule has 1 aliphatic carbocycles. The summed E-state index contributed by atoms with van der Waals surface area (Å²) in [5, 5.41) is 0. The lowest BCUT2D eigenvalue weighted by atomic mass is 9.76. The lowest BCUT2D eigenvalue weighted by molar-refractivity contribution is -0.113. The summed E-state index contributed by atoms with van der Waals surface area (Å²) in [5.41, 5.74) is 3.99. The second-order valence-electron chi connectivity index (χ2n) is 7.46. The highest BCUT2D eigenvalue weighted by Crippen LogP contribution is 2.35. The second-order valence-corrected chi connectivity index (χ2v) is 7.46. The molecular weight excluding hydrogens is 268 g/mol. The zero-order valence-electron chi connectivity index (χ0n) is 14.3. The largest absolute Gasteiger partial charge is 0.289 e. The molecule has 0 heterocycles. The van der Waals surface area contributed by atoms with Crippen LogP contribution < -0.4 is 0 Å². The molecule has 0 bridgehead atoms. The van der Waals surface area contributed by atoms with Gasteiger partial charge in [0, 0.05) is 11.1 Å². The first-order valence-corrected chi connectivity index (χ1v) is 8.01. The average Bonchev–Trinajstić information content (AvgIpc) is 2.41. The Kier molecular flexibility index (Phi) is 4.85. The highest BCUT2D eigenvalue weighted by atomic mass is 16.1. The van der Waals surface area contributed by atoms with Crippen molar-refractivity contribution in [3.63, 3.8) is 0 Å². The van der Waals surface area contributed by atoms with Crippen molar-refractivity contribution >= 4 is 11.9 Å². The van der Waals surface area contributed by atoms with Gasteiger partial charge in [0.1, 0.15) is 0 Å². The lowest BCUT2D eigenvalue weighted by Crippen LogP contribution is -2.22. The van der Waals surface area contributed by atoms with Gasteiger partial charge in [-0.25, -0.2) is 0 Å². The molecule has 0 aromatic heterocycles. The summed E-state index contributed by atoms with van der Waals surface area (Å²) in [6.45, 7) is 10.6. The molecule has 0 saturated carbocycles. The van der Waals surface area contributed by atoms with Crippen molar-refractivity contribution in [1.82, 2.24) is 0 Å². The Balaban J connectivity index is 2.46. The number of allylic oxidation sites excluding steroid dienone is 5. The van der Waals surface area contributed by atoms with Gasteiger partial charge in [-0.3, -0.25) is 4.79 Å². The molecule has 1 aromatic rings. The van der Waals surface area contributed by atoms with Crippen molar-refractivity contribution in [3.05, 3.63) is 64.8 Å². The monoisotopic (exact) mass is 294 g/mol. The molecule has 2 rings (SSSR count). The van der Waals surface area contributed by atoms with Gasteiger partial charge in [-0.2, -0.15) is 0 Å². The highest BCUT2D eigenvalue weighted by Gasteiger charge is 2.29. The molecule has 0 radical (unpaired) electrons. The summed E-state index contributed by atoms with van der Waals surface area (Å²) >= 11 is 0. The molecule has 0 aliphatic heterocycles. The van der Waals surface area contributed by atoms with E-state index in [0.29, 0.717) is 5.92 Å². The zero-order valence-corrected chi connectivity index (χ0v) is 14.3. The lowest BCUT2D eigenvalue weighted by Gasteiger charge is -2.26. The van der Waals surface area contributed by atoms with E-state index in [1.54, 1.807) is 0 Å². The Morgan fingerprint density at radius 1 is 1.05 bits per heavy atom. The summed E-state index contributed by atoms with van der Waals surface area (Å²) in [7, 11) is 0. The first-order valence-electron chi connectivity index (χ1n) is 8.01. The number of hydrogen-bond donors (Lipinski definition) is 0. The van der Waals surface area contributed by atoms with Gasteiger partial charge in [0.15, 0.2) is 5.78 Å². The molecule has 0 saturated heterocycles. The third kappa shape index (κ3) is 4.07. The normalized spacial score (nSPS) is 17.7. The molecule has 0 atom stereocenters. The molecule has 1 heteroatoms. The third-order valence-corrected chi connectivity index (χ3v) is 3.76. The topological polar surface area (TPSA) is 17.1 Å². The molecule has 0 N–H and O–H groups in total. The fraction of sp³-hybridized carbons (Fsp3) is 0.381. The van der Waals surface area contributed by atoms with Gasteiger partial charge < -0.3 is 0 Å². The number of benzene rings is 1. The summed E-state index contributed by atoms with van der Waals surface area (Å²) in [6, 6.07) is 10.3. The summed E-state index contributed by atoms with van der Waals surface area (Å²) in [4.78, 5) is 12.7. The van der Waals surface area contributed by atoms with Gasteiger partial charge in [-0.15, -0.1) is 0 Å². The predicted molar refractivity (Wildman–Crippen MR) is 94.5 cm³/mol. The smallest absolute Gasteiger partial charge is 0.185 e. The molecule has 116 valence electrons. The molecule has 0 spiro atoms. The number of rotatable bonds is 3. The van der Waals surface area contributed by atoms with E-state index in [-0.39, 0.29) is 11.2 Å². The Labute approximate surface area is 134 Å². The SMILES string of the molecule is CC(C)CC1=C/C(=C/c2ccccc2)C=C(C(C)(C)C)C1=O. The number of carbonyl (C=O) groups excluding carboxylic acids is 1. The molecule has 0 fully saturated rings. The molecule has 0 amide bonds. The van der Waals surface area contributed by atoms with Gasteiger partial charge in [-0.1, -0.05) is 65.0 Å². The van der Waals surface area contributed by atoms with Crippen LogP contribution in [-0.2, 0) is 4.79 Å². The van der Waals surface area contributed by atoms with Crippen molar-refractivity contribution < 1.29 is 4.79 Å². The van der Waals surface area contributed by atoms with Crippen LogP contribution in [0.15, 0.2) is 59.2 Å². The first-order chi connectivity index (χ1) is 10.3. The van der Waals surface area contributed by atoms with Crippen LogP contribution in [0, 0.1) is 11.3 Å².